The monoisotopic (exact) mass is 352 g/mol. The molecule has 1 aliphatic heterocycles. The Kier molecular flexibility index (Phi) is 7.68. The molecular formula is C23H32N2O. The largest absolute Gasteiger partial charge is 0.367 e. The molecule has 1 aliphatic rings. The van der Waals surface area contributed by atoms with E-state index in [-0.39, 0.29) is 6.10 Å². The summed E-state index contributed by atoms with van der Waals surface area (Å²) in [5.41, 5.74) is 2.45. The highest BCUT2D eigenvalue weighted by molar-refractivity contribution is 5.29. The summed E-state index contributed by atoms with van der Waals surface area (Å²) in [5.74, 6) is 0.890. The fourth-order valence-electron chi connectivity index (χ4n) is 3.79. The summed E-state index contributed by atoms with van der Waals surface area (Å²) in [6, 6.07) is 21.1. The van der Waals surface area contributed by atoms with Crippen LogP contribution in [0.5, 0.6) is 0 Å². The third-order valence-corrected chi connectivity index (χ3v) is 5.41. The van der Waals surface area contributed by atoms with Crippen LogP contribution in [0.1, 0.15) is 36.5 Å². The lowest BCUT2D eigenvalue weighted by Gasteiger charge is -2.32. The number of rotatable bonds is 9. The van der Waals surface area contributed by atoms with Crippen molar-refractivity contribution in [3.05, 3.63) is 71.8 Å². The number of benzene rings is 2. The van der Waals surface area contributed by atoms with Crippen molar-refractivity contribution in [2.45, 2.75) is 25.4 Å². The van der Waals surface area contributed by atoms with E-state index in [0.717, 1.165) is 25.6 Å². The van der Waals surface area contributed by atoms with Crippen LogP contribution in [-0.4, -0.2) is 44.7 Å². The lowest BCUT2D eigenvalue weighted by atomic mass is 9.93. The number of ether oxygens (including phenoxy) is 1. The molecule has 140 valence electrons. The van der Waals surface area contributed by atoms with Crippen molar-refractivity contribution < 1.29 is 4.74 Å². The minimum Gasteiger partial charge on any atom is -0.367 e. The van der Waals surface area contributed by atoms with Crippen LogP contribution in [0.25, 0.3) is 0 Å². The molecule has 0 atom stereocenters. The highest BCUT2D eigenvalue weighted by atomic mass is 16.5. The van der Waals surface area contributed by atoms with Crippen molar-refractivity contribution in [2.75, 3.05) is 39.8 Å². The summed E-state index contributed by atoms with van der Waals surface area (Å²) in [7, 11) is 2.04. The van der Waals surface area contributed by atoms with E-state index in [1.807, 2.05) is 7.05 Å². The van der Waals surface area contributed by atoms with Gasteiger partial charge in [-0.3, -0.25) is 0 Å². The van der Waals surface area contributed by atoms with Gasteiger partial charge < -0.3 is 15.0 Å². The number of piperidine rings is 1. The quantitative estimate of drug-likeness (QED) is 0.735. The molecule has 1 N–H and O–H groups in total. The fraction of sp³-hybridized carbons (Fsp3) is 0.478. The van der Waals surface area contributed by atoms with Crippen LogP contribution in [-0.2, 0) is 4.74 Å². The van der Waals surface area contributed by atoms with Gasteiger partial charge in [-0.25, -0.2) is 0 Å². The van der Waals surface area contributed by atoms with Crippen molar-refractivity contribution in [3.63, 3.8) is 0 Å². The van der Waals surface area contributed by atoms with Crippen LogP contribution >= 0.6 is 0 Å². The number of nitrogens with zero attached hydrogens (tertiary/aromatic N) is 1. The van der Waals surface area contributed by atoms with E-state index < -0.39 is 0 Å². The Bertz CT molecular complexity index is 569. The first-order valence-electron chi connectivity index (χ1n) is 9.95. The van der Waals surface area contributed by atoms with E-state index in [1.54, 1.807) is 0 Å². The van der Waals surface area contributed by atoms with Gasteiger partial charge in [-0.05, 0) is 63.0 Å². The normalized spacial score (nSPS) is 16.2. The summed E-state index contributed by atoms with van der Waals surface area (Å²) in [6.45, 7) is 5.35. The lowest BCUT2D eigenvalue weighted by molar-refractivity contribution is 0.0510. The Morgan fingerprint density at radius 2 is 1.54 bits per heavy atom. The van der Waals surface area contributed by atoms with Crippen molar-refractivity contribution >= 4 is 0 Å². The first-order valence-corrected chi connectivity index (χ1v) is 9.95. The third kappa shape index (κ3) is 5.66. The van der Waals surface area contributed by atoms with Crippen LogP contribution < -0.4 is 5.32 Å². The Balaban J connectivity index is 1.50. The zero-order valence-corrected chi connectivity index (χ0v) is 15.9. The molecule has 0 saturated carbocycles. The summed E-state index contributed by atoms with van der Waals surface area (Å²) in [5, 5.41) is 3.27. The van der Waals surface area contributed by atoms with E-state index in [2.05, 4.69) is 70.9 Å². The van der Waals surface area contributed by atoms with Gasteiger partial charge in [-0.15, -0.1) is 0 Å². The molecule has 0 spiro atoms. The van der Waals surface area contributed by atoms with Crippen molar-refractivity contribution in [1.29, 1.82) is 0 Å². The maximum Gasteiger partial charge on any atom is 0.108 e. The highest BCUT2D eigenvalue weighted by Crippen LogP contribution is 2.26. The molecule has 0 aliphatic carbocycles. The predicted molar refractivity (Wildman–Crippen MR) is 108 cm³/mol. The summed E-state index contributed by atoms with van der Waals surface area (Å²) in [6.07, 6.45) is 3.97. The Morgan fingerprint density at radius 1 is 0.962 bits per heavy atom. The van der Waals surface area contributed by atoms with Gasteiger partial charge in [0, 0.05) is 6.54 Å². The van der Waals surface area contributed by atoms with Crippen LogP contribution in [0.4, 0.5) is 0 Å². The molecule has 1 fully saturated rings. The lowest BCUT2D eigenvalue weighted by Crippen LogP contribution is -2.36. The maximum absolute atomic E-state index is 6.36. The number of nitrogens with one attached hydrogen (secondary N) is 1. The average Bonchev–Trinajstić information content (AvgIpc) is 2.72. The van der Waals surface area contributed by atoms with E-state index in [0.29, 0.717) is 0 Å². The first-order chi connectivity index (χ1) is 12.9. The van der Waals surface area contributed by atoms with E-state index >= 15 is 0 Å². The average molecular weight is 353 g/mol. The number of hydrogen-bond donors (Lipinski definition) is 1. The Morgan fingerprint density at radius 3 is 2.08 bits per heavy atom. The van der Waals surface area contributed by atoms with Crippen molar-refractivity contribution in [3.8, 4) is 0 Å². The molecule has 1 saturated heterocycles. The summed E-state index contributed by atoms with van der Waals surface area (Å²) < 4.78 is 6.36. The van der Waals surface area contributed by atoms with Crippen LogP contribution in [0, 0.1) is 5.92 Å². The van der Waals surface area contributed by atoms with Gasteiger partial charge in [0.05, 0.1) is 6.61 Å². The third-order valence-electron chi connectivity index (χ3n) is 5.41. The zero-order chi connectivity index (χ0) is 18.0. The Labute approximate surface area is 158 Å². The fourth-order valence-corrected chi connectivity index (χ4v) is 3.79. The molecular weight excluding hydrogens is 320 g/mol. The molecule has 0 aromatic heterocycles. The molecule has 2 aromatic carbocycles. The molecule has 3 nitrogen and oxygen atoms in total. The number of hydrogen-bond acceptors (Lipinski definition) is 3. The standard InChI is InChI=1S/C23H32N2O/c1-24-15-12-20-13-16-25(17-14-20)18-19-26-23(21-8-4-2-5-9-21)22-10-6-3-7-11-22/h2-11,20,23-24H,12-19H2,1H3. The second-order valence-corrected chi connectivity index (χ2v) is 7.25. The smallest absolute Gasteiger partial charge is 0.108 e. The first kappa shape index (κ1) is 19.1. The minimum atomic E-state index is 0.0190. The SMILES string of the molecule is CNCCC1CCN(CCOC(c2ccccc2)c2ccccc2)CC1. The predicted octanol–water partition coefficient (Wildman–Crippen LogP) is 4.11. The molecule has 0 amide bonds. The minimum absolute atomic E-state index is 0.0190. The van der Waals surface area contributed by atoms with Crippen molar-refractivity contribution in [1.82, 2.24) is 10.2 Å². The molecule has 3 heteroatoms. The second kappa shape index (κ2) is 10.5. The van der Waals surface area contributed by atoms with E-state index in [1.165, 1.54) is 43.5 Å². The van der Waals surface area contributed by atoms with Gasteiger partial charge in [0.25, 0.3) is 0 Å². The van der Waals surface area contributed by atoms with E-state index in [9.17, 15) is 0 Å². The van der Waals surface area contributed by atoms with Gasteiger partial charge in [-0.2, -0.15) is 0 Å². The molecule has 0 radical (unpaired) electrons. The maximum atomic E-state index is 6.36. The van der Waals surface area contributed by atoms with Crippen LogP contribution in [0.3, 0.4) is 0 Å². The number of likely N-dealkylation sites (tertiary alicyclic amines) is 1. The molecule has 0 bridgehead atoms. The molecule has 2 aromatic rings. The van der Waals surface area contributed by atoms with Gasteiger partial charge in [-0.1, -0.05) is 60.7 Å². The second-order valence-electron chi connectivity index (χ2n) is 7.25. The molecule has 0 unspecified atom stereocenters. The zero-order valence-electron chi connectivity index (χ0n) is 15.9. The van der Waals surface area contributed by atoms with Gasteiger partial charge in [0.2, 0.25) is 0 Å². The van der Waals surface area contributed by atoms with E-state index in [4.69, 9.17) is 4.74 Å². The molecule has 26 heavy (non-hydrogen) atoms. The van der Waals surface area contributed by atoms with Crippen LogP contribution in [0.2, 0.25) is 0 Å². The molecule has 1 heterocycles. The summed E-state index contributed by atoms with van der Waals surface area (Å²) >= 11 is 0. The van der Waals surface area contributed by atoms with Crippen LogP contribution in [0.15, 0.2) is 60.7 Å². The topological polar surface area (TPSA) is 24.5 Å². The summed E-state index contributed by atoms with van der Waals surface area (Å²) in [4.78, 5) is 2.56. The van der Waals surface area contributed by atoms with Gasteiger partial charge >= 0.3 is 0 Å². The van der Waals surface area contributed by atoms with Crippen molar-refractivity contribution in [2.24, 2.45) is 5.92 Å². The Hall–Kier alpha value is -1.68. The van der Waals surface area contributed by atoms with Gasteiger partial charge in [0.1, 0.15) is 6.10 Å². The molecule has 3 rings (SSSR count). The highest BCUT2D eigenvalue weighted by Gasteiger charge is 2.19. The van der Waals surface area contributed by atoms with Gasteiger partial charge in [0.15, 0.2) is 0 Å².